The molecule has 0 saturated heterocycles. The summed E-state index contributed by atoms with van der Waals surface area (Å²) in [6, 6.07) is 9.37. The molecule has 0 amide bonds. The quantitative estimate of drug-likeness (QED) is 0.577. The number of ether oxygens (including phenoxy) is 2. The maximum absolute atomic E-state index is 11.9. The van der Waals surface area contributed by atoms with Gasteiger partial charge in [0.2, 0.25) is 0 Å². The Hall–Kier alpha value is -2.21. The van der Waals surface area contributed by atoms with Crippen molar-refractivity contribution in [3.63, 3.8) is 0 Å². The number of methoxy groups -OCH3 is 2. The number of carbonyl (C=O) groups is 1. The Morgan fingerprint density at radius 1 is 0.960 bits per heavy atom. The number of carbonyl (C=O) groups excluding carboxylic acids is 1. The fourth-order valence-corrected chi connectivity index (χ4v) is 2.00. The van der Waals surface area contributed by atoms with Crippen molar-refractivity contribution in [2.75, 3.05) is 14.2 Å². The summed E-state index contributed by atoms with van der Waals surface area (Å²) in [6.45, 7) is 0. The van der Waals surface area contributed by atoms with E-state index in [1.165, 1.54) is 38.5 Å². The summed E-state index contributed by atoms with van der Waals surface area (Å²) in [5.74, 6) is 0.187. The van der Waals surface area contributed by atoms with E-state index in [1.54, 1.807) is 36.4 Å². The van der Waals surface area contributed by atoms with Crippen LogP contribution in [0.15, 0.2) is 48.6 Å². The Morgan fingerprint density at radius 2 is 1.48 bits per heavy atom. The average Bonchev–Trinajstić information content (AvgIpc) is 2.60. The van der Waals surface area contributed by atoms with E-state index < -0.39 is 0 Å². The van der Waals surface area contributed by atoms with Crippen LogP contribution in [0.3, 0.4) is 0 Å². The first kappa shape index (κ1) is 20.8. The predicted octanol–water partition coefficient (Wildman–Crippen LogP) is -0.217. The third-order valence-corrected chi connectivity index (χ3v) is 3.27. The molecule has 5 nitrogen and oxygen atoms in total. The molecule has 0 aliphatic rings. The number of hydrogen-bond donors (Lipinski definition) is 1. The van der Waals surface area contributed by atoms with Crippen LogP contribution in [0.5, 0.6) is 23.0 Å². The van der Waals surface area contributed by atoms with Gasteiger partial charge in [-0.15, -0.1) is 0 Å². The maximum atomic E-state index is 11.9. The van der Waals surface area contributed by atoms with Gasteiger partial charge in [-0.3, -0.25) is 4.79 Å². The van der Waals surface area contributed by atoms with Gasteiger partial charge in [0.05, 0.1) is 14.2 Å². The van der Waals surface area contributed by atoms with Crippen molar-refractivity contribution in [1.29, 1.82) is 0 Å². The summed E-state index contributed by atoms with van der Waals surface area (Å²) in [7, 11) is 2.88. The van der Waals surface area contributed by atoms with Gasteiger partial charge in [-0.2, -0.15) is 0 Å². The standard InChI is InChI=1S/C19H18O5.Na/c1-23-18-11-13(5-9-16(18)21)3-7-15(20)8-4-14-6-10-17(22)19(12-14)24-2;/h3-12,21-22H,1-2H3;/q;+1/p-1/b7-3+,8-4+;. The third-order valence-electron chi connectivity index (χ3n) is 3.27. The number of hydrogen-bond acceptors (Lipinski definition) is 5. The van der Waals surface area contributed by atoms with E-state index in [0.29, 0.717) is 11.3 Å². The molecule has 0 unspecified atom stereocenters. The van der Waals surface area contributed by atoms with Gasteiger partial charge in [-0.25, -0.2) is 0 Å². The summed E-state index contributed by atoms with van der Waals surface area (Å²) in [4.78, 5) is 11.9. The van der Waals surface area contributed by atoms with Crippen LogP contribution in [0.25, 0.3) is 12.2 Å². The first-order valence-electron chi connectivity index (χ1n) is 7.15. The van der Waals surface area contributed by atoms with Crippen molar-refractivity contribution in [3.8, 4) is 23.0 Å². The van der Waals surface area contributed by atoms with Gasteiger partial charge in [0, 0.05) is 0 Å². The van der Waals surface area contributed by atoms with Crippen molar-refractivity contribution in [2.45, 2.75) is 0 Å². The minimum absolute atomic E-state index is 0. The Morgan fingerprint density at radius 3 is 2.04 bits per heavy atom. The topological polar surface area (TPSA) is 78.8 Å². The molecule has 1 N–H and O–H groups in total. The minimum Gasteiger partial charge on any atom is -0.870 e. The molecule has 0 aromatic heterocycles. The fourth-order valence-electron chi connectivity index (χ4n) is 2.00. The second-order valence-electron chi connectivity index (χ2n) is 4.91. The molecule has 6 heteroatoms. The van der Waals surface area contributed by atoms with Gasteiger partial charge in [0.15, 0.2) is 17.3 Å². The number of phenols is 1. The third kappa shape index (κ3) is 5.98. The van der Waals surface area contributed by atoms with E-state index in [4.69, 9.17) is 9.47 Å². The first-order chi connectivity index (χ1) is 11.5. The van der Waals surface area contributed by atoms with Crippen molar-refractivity contribution < 1.29 is 54.0 Å². The number of phenolic OH excluding ortho intramolecular Hbond substituents is 1. The van der Waals surface area contributed by atoms with Gasteiger partial charge in [-0.1, -0.05) is 36.1 Å². The molecule has 0 fully saturated rings. The maximum Gasteiger partial charge on any atom is 1.00 e. The van der Waals surface area contributed by atoms with Crippen molar-refractivity contribution >= 4 is 17.9 Å². The fraction of sp³-hybridized carbons (Fsp3) is 0.105. The molecule has 0 radical (unpaired) electrons. The second-order valence-corrected chi connectivity index (χ2v) is 4.91. The number of aromatic hydroxyl groups is 1. The minimum atomic E-state index is -0.216. The SMILES string of the molecule is COc1cc(/C=C/C(=O)/C=C/c2ccc(O)c(OC)c2)ccc1[O-].[Na+]. The van der Waals surface area contributed by atoms with Gasteiger partial charge < -0.3 is 19.7 Å². The van der Waals surface area contributed by atoms with Crippen LogP contribution in [0.1, 0.15) is 11.1 Å². The van der Waals surface area contributed by atoms with Crippen molar-refractivity contribution in [3.05, 3.63) is 59.7 Å². The monoisotopic (exact) mass is 348 g/mol. The van der Waals surface area contributed by atoms with Gasteiger partial charge in [0.1, 0.15) is 5.75 Å². The number of rotatable bonds is 6. The molecule has 2 aromatic carbocycles. The Labute approximate surface area is 168 Å². The van der Waals surface area contributed by atoms with E-state index in [2.05, 4.69) is 0 Å². The molecule has 0 saturated carbocycles. The van der Waals surface area contributed by atoms with Crippen LogP contribution in [0, 0.1) is 0 Å². The Bertz CT molecular complexity index is 731. The molecular formula is C19H17NaO5. The largest absolute Gasteiger partial charge is 1.00 e. The molecule has 2 rings (SSSR count). The predicted molar refractivity (Wildman–Crippen MR) is 90.2 cm³/mol. The molecule has 0 aliphatic heterocycles. The molecular weight excluding hydrogens is 331 g/mol. The number of allylic oxidation sites excluding steroid dienone is 2. The zero-order valence-electron chi connectivity index (χ0n) is 14.4. The molecule has 0 aliphatic carbocycles. The molecule has 0 heterocycles. The van der Waals surface area contributed by atoms with Crippen LogP contribution < -0.4 is 44.1 Å². The van der Waals surface area contributed by atoms with E-state index in [0.717, 1.165) is 5.56 Å². The van der Waals surface area contributed by atoms with Crippen LogP contribution in [0.4, 0.5) is 0 Å². The Balaban J connectivity index is 0.00000312. The Kier molecular flexibility index (Phi) is 8.28. The molecule has 0 bridgehead atoms. The molecule has 25 heavy (non-hydrogen) atoms. The number of benzene rings is 2. The average molecular weight is 348 g/mol. The number of ketones is 1. The van der Waals surface area contributed by atoms with E-state index in [9.17, 15) is 15.0 Å². The van der Waals surface area contributed by atoms with Crippen molar-refractivity contribution in [1.82, 2.24) is 0 Å². The van der Waals surface area contributed by atoms with Crippen LogP contribution in [-0.2, 0) is 4.79 Å². The van der Waals surface area contributed by atoms with Gasteiger partial charge in [-0.05, 0) is 41.5 Å². The smallest absolute Gasteiger partial charge is 0.870 e. The zero-order chi connectivity index (χ0) is 17.5. The zero-order valence-corrected chi connectivity index (χ0v) is 16.4. The van der Waals surface area contributed by atoms with Crippen LogP contribution >= 0.6 is 0 Å². The van der Waals surface area contributed by atoms with Crippen LogP contribution in [-0.4, -0.2) is 25.1 Å². The van der Waals surface area contributed by atoms with E-state index >= 15 is 0 Å². The molecule has 2 aromatic rings. The van der Waals surface area contributed by atoms with E-state index in [-0.39, 0.29) is 52.6 Å². The summed E-state index contributed by atoms with van der Waals surface area (Å²) in [5.41, 5.74) is 1.42. The summed E-state index contributed by atoms with van der Waals surface area (Å²) in [6.07, 6.45) is 6.02. The van der Waals surface area contributed by atoms with Crippen molar-refractivity contribution in [2.24, 2.45) is 0 Å². The summed E-state index contributed by atoms with van der Waals surface area (Å²) >= 11 is 0. The van der Waals surface area contributed by atoms with Gasteiger partial charge in [0.25, 0.3) is 0 Å². The molecule has 124 valence electrons. The van der Waals surface area contributed by atoms with Crippen LogP contribution in [0.2, 0.25) is 0 Å². The summed E-state index contributed by atoms with van der Waals surface area (Å²) < 4.78 is 9.96. The normalized spacial score (nSPS) is 10.6. The van der Waals surface area contributed by atoms with E-state index in [1.807, 2.05) is 0 Å². The first-order valence-corrected chi connectivity index (χ1v) is 7.15. The second kappa shape index (κ2) is 9.93. The summed E-state index contributed by atoms with van der Waals surface area (Å²) in [5, 5.41) is 20.9. The molecule has 0 spiro atoms. The van der Waals surface area contributed by atoms with Gasteiger partial charge >= 0.3 is 29.6 Å². The molecule has 0 atom stereocenters.